The van der Waals surface area contributed by atoms with Gasteiger partial charge in [-0.2, -0.15) is 5.10 Å². The van der Waals surface area contributed by atoms with Crippen LogP contribution in [0.4, 0.5) is 5.82 Å². The van der Waals surface area contributed by atoms with Crippen molar-refractivity contribution in [1.29, 1.82) is 0 Å². The van der Waals surface area contributed by atoms with Crippen molar-refractivity contribution >= 4 is 17.6 Å². The van der Waals surface area contributed by atoms with Gasteiger partial charge >= 0.3 is 0 Å². The van der Waals surface area contributed by atoms with Crippen molar-refractivity contribution in [2.24, 2.45) is 0 Å². The van der Waals surface area contributed by atoms with Crippen LogP contribution in [0, 0.1) is 0 Å². The zero-order valence-corrected chi connectivity index (χ0v) is 10.3. The highest BCUT2D eigenvalue weighted by molar-refractivity contribution is 7.99. The number of hydrogen-bond donors (Lipinski definition) is 2. The molecule has 3 nitrogen and oxygen atoms in total. The molecule has 0 aliphatic rings. The fourth-order valence-corrected chi connectivity index (χ4v) is 2.16. The summed E-state index contributed by atoms with van der Waals surface area (Å²) in [4.78, 5) is 1.31. The van der Waals surface area contributed by atoms with E-state index < -0.39 is 0 Å². The minimum absolute atomic E-state index is 0.863. The summed E-state index contributed by atoms with van der Waals surface area (Å²) in [7, 11) is 1.86. The van der Waals surface area contributed by atoms with Crippen LogP contribution in [-0.4, -0.2) is 23.0 Å². The van der Waals surface area contributed by atoms with Gasteiger partial charge in [0.15, 0.2) is 0 Å². The van der Waals surface area contributed by atoms with Crippen LogP contribution in [0.3, 0.4) is 0 Å². The third-order valence-electron chi connectivity index (χ3n) is 2.31. The predicted octanol–water partition coefficient (Wildman–Crippen LogP) is 3.23. The van der Waals surface area contributed by atoms with Gasteiger partial charge in [0.2, 0.25) is 0 Å². The fourth-order valence-electron chi connectivity index (χ4n) is 1.50. The second-order valence-corrected chi connectivity index (χ2v) is 4.71. The summed E-state index contributed by atoms with van der Waals surface area (Å²) in [5.41, 5.74) is 2.20. The predicted molar refractivity (Wildman–Crippen MR) is 70.0 cm³/mol. The van der Waals surface area contributed by atoms with Crippen molar-refractivity contribution < 1.29 is 0 Å². The molecule has 0 saturated heterocycles. The molecule has 0 spiro atoms. The number of anilines is 1. The summed E-state index contributed by atoms with van der Waals surface area (Å²) in [6.07, 6.45) is 0. The highest BCUT2D eigenvalue weighted by atomic mass is 32.2. The Hall–Kier alpha value is -1.42. The highest BCUT2D eigenvalue weighted by Gasteiger charge is 2.02. The molecular formula is C12H15N3S. The lowest BCUT2D eigenvalue weighted by Gasteiger charge is -2.00. The molecule has 0 fully saturated rings. The summed E-state index contributed by atoms with van der Waals surface area (Å²) in [6, 6.07) is 10.5. The number of nitrogens with one attached hydrogen (secondary N) is 2. The van der Waals surface area contributed by atoms with Gasteiger partial charge in [0.1, 0.15) is 5.82 Å². The van der Waals surface area contributed by atoms with Crippen molar-refractivity contribution in [1.82, 2.24) is 10.2 Å². The summed E-state index contributed by atoms with van der Waals surface area (Å²) in [5.74, 6) is 1.97. The van der Waals surface area contributed by atoms with Crippen molar-refractivity contribution in [2.45, 2.75) is 11.8 Å². The molecule has 0 radical (unpaired) electrons. The van der Waals surface area contributed by atoms with Crippen molar-refractivity contribution in [3.63, 3.8) is 0 Å². The number of nitrogens with zero attached hydrogens (tertiary/aromatic N) is 1. The first kappa shape index (κ1) is 11.1. The largest absolute Gasteiger partial charge is 0.372 e. The first-order chi connectivity index (χ1) is 7.83. The number of benzene rings is 1. The molecule has 0 unspecified atom stereocenters. The van der Waals surface area contributed by atoms with Crippen LogP contribution in [0.5, 0.6) is 0 Å². The van der Waals surface area contributed by atoms with Gasteiger partial charge in [-0.15, -0.1) is 11.8 Å². The summed E-state index contributed by atoms with van der Waals surface area (Å²) >= 11 is 1.85. The molecule has 16 heavy (non-hydrogen) atoms. The molecule has 1 aromatic heterocycles. The third-order valence-corrected chi connectivity index (χ3v) is 3.20. The van der Waals surface area contributed by atoms with E-state index in [9.17, 15) is 0 Å². The van der Waals surface area contributed by atoms with Gasteiger partial charge in [0.05, 0.1) is 5.69 Å². The van der Waals surface area contributed by atoms with Crippen LogP contribution in [0.25, 0.3) is 11.3 Å². The van der Waals surface area contributed by atoms with Crippen molar-refractivity contribution in [2.75, 3.05) is 18.1 Å². The van der Waals surface area contributed by atoms with Gasteiger partial charge in [0.25, 0.3) is 0 Å². The summed E-state index contributed by atoms with van der Waals surface area (Å²) < 4.78 is 0. The van der Waals surface area contributed by atoms with Crippen LogP contribution in [0.1, 0.15) is 6.92 Å². The van der Waals surface area contributed by atoms with Gasteiger partial charge in [-0.05, 0) is 23.4 Å². The maximum absolute atomic E-state index is 4.13. The van der Waals surface area contributed by atoms with E-state index in [1.807, 2.05) is 24.9 Å². The summed E-state index contributed by atoms with van der Waals surface area (Å²) in [5, 5.41) is 10.1. The Kier molecular flexibility index (Phi) is 3.51. The molecule has 0 aliphatic carbocycles. The Morgan fingerprint density at radius 2 is 2.06 bits per heavy atom. The Balaban J connectivity index is 2.20. The molecule has 0 amide bonds. The van der Waals surface area contributed by atoms with E-state index in [2.05, 4.69) is 46.7 Å². The van der Waals surface area contributed by atoms with Crippen molar-refractivity contribution in [3.8, 4) is 11.3 Å². The molecule has 2 aromatic rings. The normalized spacial score (nSPS) is 10.4. The van der Waals surface area contributed by atoms with Crippen LogP contribution in [0.15, 0.2) is 35.2 Å². The number of hydrogen-bond acceptors (Lipinski definition) is 3. The molecule has 0 aliphatic heterocycles. The topological polar surface area (TPSA) is 40.7 Å². The summed E-state index contributed by atoms with van der Waals surface area (Å²) in [6.45, 7) is 2.16. The molecule has 1 heterocycles. The minimum atomic E-state index is 0.863. The van der Waals surface area contributed by atoms with Crippen LogP contribution < -0.4 is 5.32 Å². The zero-order chi connectivity index (χ0) is 11.4. The monoisotopic (exact) mass is 233 g/mol. The lowest BCUT2D eigenvalue weighted by Crippen LogP contribution is -1.85. The Bertz CT molecular complexity index is 448. The Labute approximate surface area is 99.7 Å². The van der Waals surface area contributed by atoms with Crippen LogP contribution in [0.2, 0.25) is 0 Å². The second-order valence-electron chi connectivity index (χ2n) is 3.37. The zero-order valence-electron chi connectivity index (χ0n) is 9.45. The number of H-pyrrole nitrogens is 1. The molecule has 2 rings (SSSR count). The quantitative estimate of drug-likeness (QED) is 0.797. The van der Waals surface area contributed by atoms with Gasteiger partial charge in [-0.25, -0.2) is 0 Å². The molecule has 0 bridgehead atoms. The lowest BCUT2D eigenvalue weighted by atomic mass is 10.1. The van der Waals surface area contributed by atoms with E-state index in [0.29, 0.717) is 0 Å². The number of aromatic nitrogens is 2. The van der Waals surface area contributed by atoms with E-state index in [0.717, 1.165) is 22.8 Å². The maximum Gasteiger partial charge on any atom is 0.148 e. The minimum Gasteiger partial charge on any atom is -0.372 e. The van der Waals surface area contributed by atoms with E-state index in [-0.39, 0.29) is 0 Å². The molecule has 0 saturated carbocycles. The van der Waals surface area contributed by atoms with Gasteiger partial charge in [-0.1, -0.05) is 19.1 Å². The first-order valence-corrected chi connectivity index (χ1v) is 6.28. The van der Waals surface area contributed by atoms with Gasteiger partial charge in [0, 0.05) is 18.0 Å². The average Bonchev–Trinajstić information content (AvgIpc) is 2.79. The number of aromatic amines is 1. The highest BCUT2D eigenvalue weighted by Crippen LogP contribution is 2.23. The smallest absolute Gasteiger partial charge is 0.148 e. The first-order valence-electron chi connectivity index (χ1n) is 5.30. The SMILES string of the molecule is CCSc1ccc(-c2cc(NC)n[nH]2)cc1. The maximum atomic E-state index is 4.13. The van der Waals surface area contributed by atoms with E-state index in [1.54, 1.807) is 0 Å². The third kappa shape index (κ3) is 2.39. The lowest BCUT2D eigenvalue weighted by molar-refractivity contribution is 1.09. The Morgan fingerprint density at radius 3 is 2.62 bits per heavy atom. The second kappa shape index (κ2) is 5.07. The molecule has 4 heteroatoms. The van der Waals surface area contributed by atoms with Crippen molar-refractivity contribution in [3.05, 3.63) is 30.3 Å². The van der Waals surface area contributed by atoms with E-state index >= 15 is 0 Å². The van der Waals surface area contributed by atoms with Crippen LogP contribution >= 0.6 is 11.8 Å². The fraction of sp³-hybridized carbons (Fsp3) is 0.250. The average molecular weight is 233 g/mol. The molecular weight excluding hydrogens is 218 g/mol. The van der Waals surface area contributed by atoms with E-state index in [1.165, 1.54) is 4.90 Å². The number of thioether (sulfide) groups is 1. The van der Waals surface area contributed by atoms with Gasteiger partial charge in [-0.3, -0.25) is 5.10 Å². The van der Waals surface area contributed by atoms with E-state index in [4.69, 9.17) is 0 Å². The molecule has 84 valence electrons. The van der Waals surface area contributed by atoms with Crippen LogP contribution in [-0.2, 0) is 0 Å². The van der Waals surface area contributed by atoms with Gasteiger partial charge < -0.3 is 5.32 Å². The Morgan fingerprint density at radius 1 is 1.31 bits per heavy atom. The number of rotatable bonds is 4. The molecule has 0 atom stereocenters. The molecule has 1 aromatic carbocycles. The molecule has 2 N–H and O–H groups in total. The standard InChI is InChI=1S/C12H15N3S/c1-3-16-10-6-4-9(5-7-10)11-8-12(13-2)15-14-11/h4-8H,3H2,1-2H3,(H2,13,14,15).